The summed E-state index contributed by atoms with van der Waals surface area (Å²) in [4.78, 5) is 22.6. The number of rotatable bonds is 5. The monoisotopic (exact) mass is 371 g/mol. The fourth-order valence-electron chi connectivity index (χ4n) is 2.05. The number of phenolic OH excluding ortho intramolecular Hbond substituents is 1. The van der Waals surface area contributed by atoms with Gasteiger partial charge in [0.1, 0.15) is 21.8 Å². The summed E-state index contributed by atoms with van der Waals surface area (Å²) in [6.07, 6.45) is -1.13. The van der Waals surface area contributed by atoms with Gasteiger partial charge in [-0.3, -0.25) is 10.1 Å². The number of hydrogen-bond acceptors (Lipinski definition) is 6. The molecule has 0 aliphatic carbocycles. The molecule has 1 aromatic heterocycles. The van der Waals surface area contributed by atoms with Gasteiger partial charge in [-0.25, -0.2) is 4.79 Å². The SMILES string of the molecule is CC(O)[C@H](NCc1c(O)ccc2cc(Br)c(=O)oc12)C(=O)O. The van der Waals surface area contributed by atoms with Crippen molar-refractivity contribution in [3.8, 4) is 5.75 Å². The van der Waals surface area contributed by atoms with Crippen molar-refractivity contribution in [3.63, 3.8) is 0 Å². The summed E-state index contributed by atoms with van der Waals surface area (Å²) in [6, 6.07) is 3.33. The van der Waals surface area contributed by atoms with Crippen LogP contribution in [0.1, 0.15) is 12.5 Å². The summed E-state index contributed by atoms with van der Waals surface area (Å²) in [5.74, 6) is -1.36. The van der Waals surface area contributed by atoms with Crippen molar-refractivity contribution < 1.29 is 24.5 Å². The number of aliphatic carboxylic acids is 1. The Balaban J connectivity index is 2.42. The Kier molecular flexibility index (Phi) is 4.84. The molecule has 1 heterocycles. The van der Waals surface area contributed by atoms with Gasteiger partial charge in [-0.15, -0.1) is 0 Å². The highest BCUT2D eigenvalue weighted by Crippen LogP contribution is 2.27. The first-order valence-electron chi connectivity index (χ1n) is 6.39. The van der Waals surface area contributed by atoms with Gasteiger partial charge in [0.15, 0.2) is 0 Å². The number of benzene rings is 1. The van der Waals surface area contributed by atoms with Gasteiger partial charge in [0, 0.05) is 11.9 Å². The van der Waals surface area contributed by atoms with E-state index in [1.807, 2.05) is 0 Å². The second-order valence-electron chi connectivity index (χ2n) is 4.80. The number of carboxylic acids is 1. The quantitative estimate of drug-likeness (QED) is 0.582. The van der Waals surface area contributed by atoms with Crippen molar-refractivity contribution in [2.45, 2.75) is 25.6 Å². The van der Waals surface area contributed by atoms with Crippen molar-refractivity contribution >= 4 is 32.9 Å². The van der Waals surface area contributed by atoms with Crippen LogP contribution in [0.3, 0.4) is 0 Å². The van der Waals surface area contributed by atoms with E-state index >= 15 is 0 Å². The Labute approximate surface area is 133 Å². The minimum Gasteiger partial charge on any atom is -0.507 e. The number of aliphatic hydroxyl groups excluding tert-OH is 1. The topological polar surface area (TPSA) is 120 Å². The molecule has 0 amide bonds. The fraction of sp³-hybridized carbons (Fsp3) is 0.286. The van der Waals surface area contributed by atoms with Crippen molar-refractivity contribution in [1.29, 1.82) is 0 Å². The van der Waals surface area contributed by atoms with E-state index in [4.69, 9.17) is 9.52 Å². The van der Waals surface area contributed by atoms with Crippen molar-refractivity contribution in [1.82, 2.24) is 5.32 Å². The molecule has 7 nitrogen and oxygen atoms in total. The first-order chi connectivity index (χ1) is 10.3. The summed E-state index contributed by atoms with van der Waals surface area (Å²) < 4.78 is 5.39. The highest BCUT2D eigenvalue weighted by Gasteiger charge is 2.23. The molecule has 22 heavy (non-hydrogen) atoms. The van der Waals surface area contributed by atoms with E-state index in [2.05, 4.69) is 21.2 Å². The van der Waals surface area contributed by atoms with Crippen LogP contribution in [0.5, 0.6) is 5.75 Å². The maximum absolute atomic E-state index is 11.6. The van der Waals surface area contributed by atoms with Crippen LogP contribution >= 0.6 is 15.9 Å². The molecule has 2 rings (SSSR count). The van der Waals surface area contributed by atoms with E-state index in [1.54, 1.807) is 12.1 Å². The molecular formula is C14H14BrNO6. The summed E-state index contributed by atoms with van der Waals surface area (Å²) in [5.41, 5.74) is -0.200. The zero-order valence-corrected chi connectivity index (χ0v) is 13.1. The van der Waals surface area contributed by atoms with E-state index in [1.165, 1.54) is 13.0 Å². The van der Waals surface area contributed by atoms with Crippen LogP contribution in [0.4, 0.5) is 0 Å². The summed E-state index contributed by atoms with van der Waals surface area (Å²) in [5, 5.41) is 31.6. The molecule has 4 N–H and O–H groups in total. The van der Waals surface area contributed by atoms with Crippen LogP contribution in [0.25, 0.3) is 11.0 Å². The van der Waals surface area contributed by atoms with E-state index in [9.17, 15) is 19.8 Å². The fourth-order valence-corrected chi connectivity index (χ4v) is 2.38. The van der Waals surface area contributed by atoms with Crippen molar-refractivity contribution in [3.05, 3.63) is 38.7 Å². The Morgan fingerprint density at radius 3 is 2.73 bits per heavy atom. The largest absolute Gasteiger partial charge is 0.507 e. The highest BCUT2D eigenvalue weighted by atomic mass is 79.9. The summed E-state index contributed by atoms with van der Waals surface area (Å²) in [7, 11) is 0. The van der Waals surface area contributed by atoms with Gasteiger partial charge in [-0.2, -0.15) is 0 Å². The van der Waals surface area contributed by atoms with E-state index < -0.39 is 23.7 Å². The molecular weight excluding hydrogens is 358 g/mol. The number of hydrogen-bond donors (Lipinski definition) is 4. The Morgan fingerprint density at radius 1 is 1.45 bits per heavy atom. The lowest BCUT2D eigenvalue weighted by atomic mass is 10.1. The van der Waals surface area contributed by atoms with E-state index in [-0.39, 0.29) is 27.9 Å². The zero-order chi connectivity index (χ0) is 16.4. The predicted octanol–water partition coefficient (Wildman–Crippen LogP) is 1.18. The maximum atomic E-state index is 11.6. The number of carbonyl (C=O) groups is 1. The summed E-state index contributed by atoms with van der Waals surface area (Å²) in [6.45, 7) is 1.25. The standard InChI is InChI=1S/C14H14BrNO6/c1-6(17)11(13(19)20)16-5-8-10(18)3-2-7-4-9(15)14(21)22-12(7)8/h2-4,6,11,16-18H,5H2,1H3,(H,19,20)/t6?,11-/m0/s1. The third kappa shape index (κ3) is 3.29. The molecule has 0 radical (unpaired) electrons. The van der Waals surface area contributed by atoms with Crippen LogP contribution in [0.15, 0.2) is 31.9 Å². The minimum absolute atomic E-state index is 0.0877. The van der Waals surface area contributed by atoms with Crippen LogP contribution in [-0.2, 0) is 11.3 Å². The zero-order valence-electron chi connectivity index (χ0n) is 11.5. The number of halogens is 1. The van der Waals surface area contributed by atoms with E-state index in [0.717, 1.165) is 0 Å². The Hall–Kier alpha value is -1.90. The lowest BCUT2D eigenvalue weighted by Gasteiger charge is -2.17. The molecule has 0 fully saturated rings. The molecule has 0 saturated heterocycles. The third-order valence-electron chi connectivity index (χ3n) is 3.19. The van der Waals surface area contributed by atoms with Crippen LogP contribution in [0.2, 0.25) is 0 Å². The average Bonchev–Trinajstić information content (AvgIpc) is 2.42. The lowest BCUT2D eigenvalue weighted by molar-refractivity contribution is -0.142. The molecule has 8 heteroatoms. The minimum atomic E-state index is -1.22. The first kappa shape index (κ1) is 16.5. The Bertz CT molecular complexity index is 770. The number of nitrogens with one attached hydrogen (secondary N) is 1. The highest BCUT2D eigenvalue weighted by molar-refractivity contribution is 9.10. The smallest absolute Gasteiger partial charge is 0.350 e. The van der Waals surface area contributed by atoms with Gasteiger partial charge in [0.25, 0.3) is 0 Å². The average molecular weight is 372 g/mol. The second kappa shape index (κ2) is 6.47. The molecule has 0 bridgehead atoms. The molecule has 2 aromatic rings. The van der Waals surface area contributed by atoms with Gasteiger partial charge in [0.05, 0.1) is 11.7 Å². The summed E-state index contributed by atoms with van der Waals surface area (Å²) >= 11 is 3.06. The molecule has 0 aliphatic rings. The molecule has 2 atom stereocenters. The normalized spacial score (nSPS) is 14.0. The van der Waals surface area contributed by atoms with Gasteiger partial charge in [0.2, 0.25) is 0 Å². The first-order valence-corrected chi connectivity index (χ1v) is 7.19. The van der Waals surface area contributed by atoms with Gasteiger partial charge >= 0.3 is 11.6 Å². The third-order valence-corrected chi connectivity index (χ3v) is 3.74. The number of phenols is 1. The molecule has 0 spiro atoms. The molecule has 1 unspecified atom stereocenters. The van der Waals surface area contributed by atoms with E-state index in [0.29, 0.717) is 5.39 Å². The van der Waals surface area contributed by atoms with Gasteiger partial charge in [-0.1, -0.05) is 0 Å². The Morgan fingerprint density at radius 2 is 2.14 bits per heavy atom. The number of carboxylic acid groups (broad SMARTS) is 1. The van der Waals surface area contributed by atoms with Gasteiger partial charge in [-0.05, 0) is 41.1 Å². The maximum Gasteiger partial charge on any atom is 0.350 e. The van der Waals surface area contributed by atoms with Gasteiger partial charge < -0.3 is 19.7 Å². The molecule has 0 aliphatic heterocycles. The van der Waals surface area contributed by atoms with Crippen LogP contribution in [0, 0.1) is 0 Å². The number of fused-ring (bicyclic) bond motifs is 1. The molecule has 0 saturated carbocycles. The van der Waals surface area contributed by atoms with Crippen LogP contribution in [-0.4, -0.2) is 33.4 Å². The van der Waals surface area contributed by atoms with Crippen molar-refractivity contribution in [2.24, 2.45) is 0 Å². The van der Waals surface area contributed by atoms with Crippen molar-refractivity contribution in [2.75, 3.05) is 0 Å². The molecule has 118 valence electrons. The number of aromatic hydroxyl groups is 1. The predicted molar refractivity (Wildman–Crippen MR) is 81.8 cm³/mol. The number of aliphatic hydroxyl groups is 1. The van der Waals surface area contributed by atoms with Crippen LogP contribution < -0.4 is 10.9 Å². The lowest BCUT2D eigenvalue weighted by Crippen LogP contribution is -2.44. The molecule has 1 aromatic carbocycles. The second-order valence-corrected chi connectivity index (χ2v) is 5.66.